The SMILES string of the molecule is CCOC(=O)C(C)(N)CCCn1cc(I)cn1. The molecule has 0 spiro atoms. The number of halogens is 1. The summed E-state index contributed by atoms with van der Waals surface area (Å²) < 4.78 is 7.88. The molecule has 0 amide bonds. The van der Waals surface area contributed by atoms with Gasteiger partial charge in [-0.05, 0) is 49.3 Å². The minimum absolute atomic E-state index is 0.338. The molecule has 1 rings (SSSR count). The predicted molar refractivity (Wildman–Crippen MR) is 73.4 cm³/mol. The lowest BCUT2D eigenvalue weighted by atomic mass is 9.97. The van der Waals surface area contributed by atoms with Crippen molar-refractivity contribution in [1.82, 2.24) is 9.78 Å². The molecule has 2 N–H and O–H groups in total. The number of nitrogens with two attached hydrogens (primary N) is 1. The minimum Gasteiger partial charge on any atom is -0.465 e. The highest BCUT2D eigenvalue weighted by molar-refractivity contribution is 14.1. The number of esters is 1. The highest BCUT2D eigenvalue weighted by atomic mass is 127. The van der Waals surface area contributed by atoms with Crippen LogP contribution in [0, 0.1) is 3.57 Å². The van der Waals surface area contributed by atoms with E-state index in [2.05, 4.69) is 27.7 Å². The van der Waals surface area contributed by atoms with Gasteiger partial charge in [-0.15, -0.1) is 0 Å². The van der Waals surface area contributed by atoms with Crippen molar-refractivity contribution in [1.29, 1.82) is 0 Å². The van der Waals surface area contributed by atoms with Crippen LogP contribution in [-0.2, 0) is 16.1 Å². The number of carbonyl (C=O) groups is 1. The normalized spacial score (nSPS) is 14.4. The molecule has 1 aromatic heterocycles. The zero-order chi connectivity index (χ0) is 12.9. The van der Waals surface area contributed by atoms with Crippen molar-refractivity contribution in [2.24, 2.45) is 5.73 Å². The van der Waals surface area contributed by atoms with Crippen LogP contribution in [-0.4, -0.2) is 27.9 Å². The molecule has 0 aliphatic heterocycles. The first-order chi connectivity index (χ1) is 7.95. The molecule has 0 saturated heterocycles. The van der Waals surface area contributed by atoms with Crippen LogP contribution in [0.25, 0.3) is 0 Å². The fraction of sp³-hybridized carbons (Fsp3) is 0.636. The van der Waals surface area contributed by atoms with E-state index in [1.165, 1.54) is 0 Å². The molecule has 0 aliphatic rings. The van der Waals surface area contributed by atoms with Crippen LogP contribution < -0.4 is 5.73 Å². The number of carbonyl (C=O) groups excluding carboxylic acids is 1. The van der Waals surface area contributed by atoms with Crippen molar-refractivity contribution < 1.29 is 9.53 Å². The quantitative estimate of drug-likeness (QED) is 0.624. The standard InChI is InChI=1S/C11H18IN3O2/c1-3-17-10(16)11(2,13)5-4-6-15-8-9(12)7-14-15/h7-8H,3-6,13H2,1-2H3. The van der Waals surface area contributed by atoms with Crippen molar-refractivity contribution in [3.05, 3.63) is 16.0 Å². The van der Waals surface area contributed by atoms with E-state index in [1.807, 2.05) is 10.9 Å². The minimum atomic E-state index is -0.906. The first-order valence-electron chi connectivity index (χ1n) is 5.60. The van der Waals surface area contributed by atoms with E-state index in [1.54, 1.807) is 20.0 Å². The molecular formula is C11H18IN3O2. The molecule has 96 valence electrons. The molecule has 0 radical (unpaired) electrons. The van der Waals surface area contributed by atoms with Gasteiger partial charge in [-0.1, -0.05) is 0 Å². The monoisotopic (exact) mass is 351 g/mol. The maximum atomic E-state index is 11.5. The van der Waals surface area contributed by atoms with Crippen molar-refractivity contribution >= 4 is 28.6 Å². The van der Waals surface area contributed by atoms with Gasteiger partial charge in [0.05, 0.1) is 16.4 Å². The van der Waals surface area contributed by atoms with E-state index >= 15 is 0 Å². The van der Waals surface area contributed by atoms with Gasteiger partial charge in [-0.3, -0.25) is 9.48 Å². The Balaban J connectivity index is 2.37. The van der Waals surface area contributed by atoms with E-state index in [4.69, 9.17) is 10.5 Å². The summed E-state index contributed by atoms with van der Waals surface area (Å²) in [5.74, 6) is -0.338. The summed E-state index contributed by atoms with van der Waals surface area (Å²) in [5.41, 5.74) is 5.00. The molecule has 0 saturated carbocycles. The van der Waals surface area contributed by atoms with Crippen LogP contribution in [0.3, 0.4) is 0 Å². The highest BCUT2D eigenvalue weighted by Crippen LogP contribution is 2.12. The molecule has 1 atom stereocenters. The number of hydrogen-bond acceptors (Lipinski definition) is 4. The number of rotatable bonds is 6. The molecule has 6 heteroatoms. The Labute approximate surface area is 115 Å². The summed E-state index contributed by atoms with van der Waals surface area (Å²) >= 11 is 2.21. The van der Waals surface area contributed by atoms with E-state index in [9.17, 15) is 4.79 Å². The first kappa shape index (κ1) is 14.4. The van der Waals surface area contributed by atoms with Gasteiger partial charge in [-0.25, -0.2) is 0 Å². The second-order valence-electron chi connectivity index (χ2n) is 4.16. The van der Waals surface area contributed by atoms with Gasteiger partial charge in [0.1, 0.15) is 5.54 Å². The van der Waals surface area contributed by atoms with Crippen LogP contribution >= 0.6 is 22.6 Å². The number of aryl methyl sites for hydroxylation is 1. The van der Waals surface area contributed by atoms with Crippen molar-refractivity contribution in [2.75, 3.05) is 6.61 Å². The van der Waals surface area contributed by atoms with Crippen molar-refractivity contribution in [2.45, 2.75) is 38.8 Å². The summed E-state index contributed by atoms with van der Waals surface area (Å²) in [6, 6.07) is 0. The van der Waals surface area contributed by atoms with Crippen LogP contribution in [0.5, 0.6) is 0 Å². The second kappa shape index (κ2) is 6.34. The fourth-order valence-corrected chi connectivity index (χ4v) is 1.91. The Morgan fingerprint density at radius 3 is 2.94 bits per heavy atom. The number of nitrogens with zero attached hydrogens (tertiary/aromatic N) is 2. The van der Waals surface area contributed by atoms with Crippen molar-refractivity contribution in [3.8, 4) is 0 Å². The summed E-state index contributed by atoms with van der Waals surface area (Å²) in [6.45, 7) is 4.61. The molecule has 1 aromatic rings. The Morgan fingerprint density at radius 1 is 1.71 bits per heavy atom. The van der Waals surface area contributed by atoms with E-state index < -0.39 is 5.54 Å². The molecule has 5 nitrogen and oxygen atoms in total. The smallest absolute Gasteiger partial charge is 0.325 e. The number of aromatic nitrogens is 2. The molecule has 0 aromatic carbocycles. The van der Waals surface area contributed by atoms with Gasteiger partial charge in [0.25, 0.3) is 0 Å². The topological polar surface area (TPSA) is 70.1 Å². The summed E-state index contributed by atoms with van der Waals surface area (Å²) in [5, 5.41) is 4.17. The molecule has 17 heavy (non-hydrogen) atoms. The third-order valence-corrected chi connectivity index (χ3v) is 2.98. The lowest BCUT2D eigenvalue weighted by Crippen LogP contribution is -2.46. The van der Waals surface area contributed by atoms with E-state index in [0.29, 0.717) is 13.0 Å². The van der Waals surface area contributed by atoms with Gasteiger partial charge in [0.2, 0.25) is 0 Å². The van der Waals surface area contributed by atoms with Gasteiger partial charge in [0, 0.05) is 12.7 Å². The molecule has 0 bridgehead atoms. The average molecular weight is 351 g/mol. The molecule has 1 heterocycles. The Morgan fingerprint density at radius 2 is 2.41 bits per heavy atom. The Kier molecular flexibility index (Phi) is 5.38. The third-order valence-electron chi connectivity index (χ3n) is 2.43. The maximum absolute atomic E-state index is 11.5. The lowest BCUT2D eigenvalue weighted by Gasteiger charge is -2.21. The van der Waals surface area contributed by atoms with Gasteiger partial charge in [0.15, 0.2) is 0 Å². The second-order valence-corrected chi connectivity index (χ2v) is 5.41. The van der Waals surface area contributed by atoms with E-state index in [0.717, 1.165) is 16.5 Å². The maximum Gasteiger partial charge on any atom is 0.325 e. The Bertz CT molecular complexity index is 377. The van der Waals surface area contributed by atoms with Crippen LogP contribution in [0.4, 0.5) is 0 Å². The summed E-state index contributed by atoms with van der Waals surface area (Å²) in [4.78, 5) is 11.5. The average Bonchev–Trinajstić information content (AvgIpc) is 2.64. The zero-order valence-electron chi connectivity index (χ0n) is 10.1. The molecule has 1 unspecified atom stereocenters. The van der Waals surface area contributed by atoms with E-state index in [-0.39, 0.29) is 5.97 Å². The largest absolute Gasteiger partial charge is 0.465 e. The Hall–Kier alpha value is -0.630. The van der Waals surface area contributed by atoms with Crippen LogP contribution in [0.1, 0.15) is 26.7 Å². The fourth-order valence-electron chi connectivity index (χ4n) is 1.47. The van der Waals surface area contributed by atoms with Gasteiger partial charge in [-0.2, -0.15) is 5.10 Å². The molecular weight excluding hydrogens is 333 g/mol. The highest BCUT2D eigenvalue weighted by Gasteiger charge is 2.29. The summed E-state index contributed by atoms with van der Waals surface area (Å²) in [6.07, 6.45) is 5.14. The predicted octanol–water partition coefficient (Wildman–Crippen LogP) is 1.55. The third kappa shape index (κ3) is 4.63. The molecule has 0 fully saturated rings. The zero-order valence-corrected chi connectivity index (χ0v) is 12.3. The first-order valence-corrected chi connectivity index (χ1v) is 6.67. The molecule has 0 aliphatic carbocycles. The lowest BCUT2D eigenvalue weighted by molar-refractivity contribution is -0.149. The van der Waals surface area contributed by atoms with Crippen LogP contribution in [0.2, 0.25) is 0 Å². The summed E-state index contributed by atoms with van der Waals surface area (Å²) in [7, 11) is 0. The number of ether oxygens (including phenoxy) is 1. The van der Waals surface area contributed by atoms with Gasteiger partial charge < -0.3 is 10.5 Å². The van der Waals surface area contributed by atoms with Crippen LogP contribution in [0.15, 0.2) is 12.4 Å². The van der Waals surface area contributed by atoms with Gasteiger partial charge >= 0.3 is 5.97 Å². The number of hydrogen-bond donors (Lipinski definition) is 1. The van der Waals surface area contributed by atoms with Crippen molar-refractivity contribution in [3.63, 3.8) is 0 Å².